The molecule has 20 heavy (non-hydrogen) atoms. The van der Waals surface area contributed by atoms with Gasteiger partial charge in [-0.25, -0.2) is 9.98 Å². The van der Waals surface area contributed by atoms with Gasteiger partial charge in [0.25, 0.3) is 0 Å². The molecule has 0 bridgehead atoms. The predicted octanol–water partition coefficient (Wildman–Crippen LogP) is 0.578. The lowest BCUT2D eigenvalue weighted by Gasteiger charge is -2.26. The minimum atomic E-state index is 0.500. The predicted molar refractivity (Wildman–Crippen MR) is 82.1 cm³/mol. The van der Waals surface area contributed by atoms with Crippen LogP contribution >= 0.6 is 11.3 Å². The van der Waals surface area contributed by atoms with Crippen molar-refractivity contribution in [3.63, 3.8) is 0 Å². The molecule has 0 aliphatic carbocycles. The summed E-state index contributed by atoms with van der Waals surface area (Å²) in [5, 5.41) is 4.15. The van der Waals surface area contributed by atoms with Crippen molar-refractivity contribution in [2.75, 3.05) is 39.4 Å². The van der Waals surface area contributed by atoms with Crippen LogP contribution in [0.3, 0.4) is 0 Å². The molecule has 6 nitrogen and oxygen atoms in total. The molecule has 0 aromatic carbocycles. The molecule has 0 amide bonds. The highest BCUT2D eigenvalue weighted by Gasteiger charge is 2.08. The van der Waals surface area contributed by atoms with E-state index in [-0.39, 0.29) is 0 Å². The smallest absolute Gasteiger partial charge is 0.189 e. The molecule has 7 heteroatoms. The van der Waals surface area contributed by atoms with Gasteiger partial charge in [-0.2, -0.15) is 0 Å². The van der Waals surface area contributed by atoms with Crippen molar-refractivity contribution in [2.45, 2.75) is 19.9 Å². The van der Waals surface area contributed by atoms with Gasteiger partial charge >= 0.3 is 0 Å². The van der Waals surface area contributed by atoms with Crippen LogP contribution in [0.25, 0.3) is 0 Å². The number of thiazole rings is 1. The fourth-order valence-corrected chi connectivity index (χ4v) is 2.74. The quantitative estimate of drug-likeness (QED) is 0.456. The van der Waals surface area contributed by atoms with Crippen LogP contribution in [0.15, 0.2) is 11.2 Å². The third-order valence-corrected chi connectivity index (χ3v) is 4.01. The first-order valence-electron chi connectivity index (χ1n) is 6.99. The third-order valence-electron chi connectivity index (χ3n) is 3.11. The Kier molecular flexibility index (Phi) is 6.23. The average molecular weight is 297 g/mol. The van der Waals surface area contributed by atoms with Crippen molar-refractivity contribution >= 4 is 17.3 Å². The zero-order valence-corrected chi connectivity index (χ0v) is 12.8. The lowest BCUT2D eigenvalue weighted by atomic mass is 10.3. The highest BCUT2D eigenvalue weighted by Crippen LogP contribution is 2.11. The molecule has 0 unspecified atom stereocenters. The molecule has 112 valence electrons. The van der Waals surface area contributed by atoms with Crippen LogP contribution in [0.2, 0.25) is 0 Å². The van der Waals surface area contributed by atoms with Gasteiger partial charge in [0.1, 0.15) is 5.01 Å². The van der Waals surface area contributed by atoms with Gasteiger partial charge in [-0.15, -0.1) is 11.3 Å². The molecule has 0 saturated carbocycles. The molecule has 1 aromatic rings. The first kappa shape index (κ1) is 15.2. The van der Waals surface area contributed by atoms with Gasteiger partial charge in [0.05, 0.1) is 19.8 Å². The van der Waals surface area contributed by atoms with Gasteiger partial charge in [-0.3, -0.25) is 4.90 Å². The van der Waals surface area contributed by atoms with E-state index in [4.69, 9.17) is 10.5 Å². The van der Waals surface area contributed by atoms with Crippen molar-refractivity contribution in [2.24, 2.45) is 10.7 Å². The van der Waals surface area contributed by atoms with E-state index in [1.165, 1.54) is 4.88 Å². The molecule has 1 aliphatic heterocycles. The van der Waals surface area contributed by atoms with Crippen LogP contribution in [0.4, 0.5) is 0 Å². The molecule has 0 radical (unpaired) electrons. The summed E-state index contributed by atoms with van der Waals surface area (Å²) in [7, 11) is 0. The van der Waals surface area contributed by atoms with Gasteiger partial charge in [-0.1, -0.05) is 0 Å². The number of aliphatic imine (C=N–C) groups is 1. The maximum absolute atomic E-state index is 5.83. The lowest BCUT2D eigenvalue weighted by Crippen LogP contribution is -2.39. The number of guanidine groups is 1. The fraction of sp³-hybridized carbons (Fsp3) is 0.692. The van der Waals surface area contributed by atoms with Gasteiger partial charge in [0, 0.05) is 30.7 Å². The fourth-order valence-electron chi connectivity index (χ4n) is 2.03. The summed E-state index contributed by atoms with van der Waals surface area (Å²) in [5.41, 5.74) is 5.83. The van der Waals surface area contributed by atoms with Crippen LogP contribution < -0.4 is 11.1 Å². The number of nitrogens with one attached hydrogen (secondary N) is 1. The first-order chi connectivity index (χ1) is 9.74. The number of rotatable bonds is 6. The minimum absolute atomic E-state index is 0.500. The van der Waals surface area contributed by atoms with E-state index in [9.17, 15) is 0 Å². The number of hydrogen-bond donors (Lipinski definition) is 2. The standard InChI is InChI=1S/C13H23N5OS/c1-11-9-16-12(20-11)10-17-13(14)15-3-2-4-18-5-7-19-8-6-18/h9H,2-8,10H2,1H3,(H3,14,15,17). The number of morpholine rings is 1. The van der Waals surface area contributed by atoms with Crippen LogP contribution in [0.5, 0.6) is 0 Å². The van der Waals surface area contributed by atoms with E-state index in [1.54, 1.807) is 11.3 Å². The molecular formula is C13H23N5OS. The van der Waals surface area contributed by atoms with Crippen LogP contribution in [0, 0.1) is 6.92 Å². The summed E-state index contributed by atoms with van der Waals surface area (Å²) >= 11 is 1.66. The highest BCUT2D eigenvalue weighted by atomic mass is 32.1. The van der Waals surface area contributed by atoms with E-state index >= 15 is 0 Å². The number of ether oxygens (including phenoxy) is 1. The zero-order valence-electron chi connectivity index (χ0n) is 12.0. The molecule has 1 saturated heterocycles. The zero-order chi connectivity index (χ0) is 14.2. The van der Waals surface area contributed by atoms with Crippen molar-refractivity contribution < 1.29 is 4.74 Å². The second-order valence-corrected chi connectivity index (χ2v) is 6.12. The molecule has 1 aromatic heterocycles. The molecule has 0 atom stereocenters. The Balaban J connectivity index is 1.58. The monoisotopic (exact) mass is 297 g/mol. The number of nitrogens with two attached hydrogens (primary N) is 1. The normalized spacial score (nSPS) is 17.4. The van der Waals surface area contributed by atoms with Gasteiger partial charge in [0.2, 0.25) is 0 Å². The van der Waals surface area contributed by atoms with Crippen LogP contribution in [0.1, 0.15) is 16.3 Å². The second-order valence-electron chi connectivity index (χ2n) is 4.80. The van der Waals surface area contributed by atoms with E-state index in [0.29, 0.717) is 12.5 Å². The van der Waals surface area contributed by atoms with E-state index in [0.717, 1.165) is 50.8 Å². The molecule has 1 fully saturated rings. The molecule has 3 N–H and O–H groups in total. The van der Waals surface area contributed by atoms with E-state index in [2.05, 4.69) is 20.2 Å². The highest BCUT2D eigenvalue weighted by molar-refractivity contribution is 7.11. The Morgan fingerprint density at radius 2 is 2.35 bits per heavy atom. The van der Waals surface area contributed by atoms with Crippen molar-refractivity contribution in [1.82, 2.24) is 15.2 Å². The van der Waals surface area contributed by atoms with Crippen LogP contribution in [-0.4, -0.2) is 55.2 Å². The molecule has 2 rings (SSSR count). The summed E-state index contributed by atoms with van der Waals surface area (Å²) in [6, 6.07) is 0. The molecule has 0 spiro atoms. The Morgan fingerprint density at radius 1 is 1.55 bits per heavy atom. The molecule has 1 aliphatic rings. The van der Waals surface area contributed by atoms with Gasteiger partial charge < -0.3 is 15.8 Å². The SMILES string of the molecule is Cc1cnc(CN=C(N)NCCCN2CCOCC2)s1. The Hall–Kier alpha value is -1.18. The summed E-state index contributed by atoms with van der Waals surface area (Å²) in [6.07, 6.45) is 2.92. The first-order valence-corrected chi connectivity index (χ1v) is 7.81. The summed E-state index contributed by atoms with van der Waals surface area (Å²) in [4.78, 5) is 12.2. The van der Waals surface area contributed by atoms with E-state index < -0.39 is 0 Å². The van der Waals surface area contributed by atoms with Crippen LogP contribution in [-0.2, 0) is 11.3 Å². The number of aromatic nitrogens is 1. The maximum Gasteiger partial charge on any atom is 0.189 e. The summed E-state index contributed by atoms with van der Waals surface area (Å²) in [5.74, 6) is 0.500. The Bertz CT molecular complexity index is 428. The van der Waals surface area contributed by atoms with Crippen molar-refractivity contribution in [3.8, 4) is 0 Å². The molecular weight excluding hydrogens is 274 g/mol. The second kappa shape index (κ2) is 8.18. The lowest BCUT2D eigenvalue weighted by molar-refractivity contribution is 0.0376. The average Bonchev–Trinajstić information content (AvgIpc) is 2.88. The molecule has 2 heterocycles. The van der Waals surface area contributed by atoms with Gasteiger partial charge in [0.15, 0.2) is 5.96 Å². The topological polar surface area (TPSA) is 75.8 Å². The van der Waals surface area contributed by atoms with E-state index in [1.807, 2.05) is 13.1 Å². The number of aryl methyl sites for hydroxylation is 1. The third kappa shape index (κ3) is 5.44. The largest absolute Gasteiger partial charge is 0.379 e. The van der Waals surface area contributed by atoms with Crippen molar-refractivity contribution in [1.29, 1.82) is 0 Å². The Morgan fingerprint density at radius 3 is 3.05 bits per heavy atom. The summed E-state index contributed by atoms with van der Waals surface area (Å²) < 4.78 is 5.32. The maximum atomic E-state index is 5.83. The number of hydrogen-bond acceptors (Lipinski definition) is 5. The Labute approximate surface area is 124 Å². The summed E-state index contributed by atoms with van der Waals surface area (Å²) in [6.45, 7) is 8.30. The number of nitrogens with zero attached hydrogens (tertiary/aromatic N) is 3. The van der Waals surface area contributed by atoms with Crippen molar-refractivity contribution in [3.05, 3.63) is 16.1 Å². The van der Waals surface area contributed by atoms with Gasteiger partial charge in [-0.05, 0) is 19.9 Å². The minimum Gasteiger partial charge on any atom is -0.379 e.